The van der Waals surface area contributed by atoms with Crippen LogP contribution >= 0.6 is 0 Å². The maximum atomic E-state index is 2.37. The number of para-hydroxylation sites is 1. The summed E-state index contributed by atoms with van der Waals surface area (Å²) in [4.78, 5) is 2.34. The summed E-state index contributed by atoms with van der Waals surface area (Å²) in [6.07, 6.45) is 2.29. The van der Waals surface area contributed by atoms with E-state index in [9.17, 15) is 0 Å². The van der Waals surface area contributed by atoms with Crippen LogP contribution in [0.4, 0.5) is 17.1 Å². The molecule has 0 radical (unpaired) electrons. The molecular formula is C58H40N2. The Bertz CT molecular complexity index is 3270. The lowest BCUT2D eigenvalue weighted by atomic mass is 9.94. The number of pyridine rings is 1. The maximum absolute atomic E-state index is 2.37. The predicted molar refractivity (Wildman–Crippen MR) is 254 cm³/mol. The third-order valence-corrected chi connectivity index (χ3v) is 11.8. The summed E-state index contributed by atoms with van der Waals surface area (Å²) in [5.41, 5.74) is 17.8. The van der Waals surface area contributed by atoms with Gasteiger partial charge in [-0.15, -0.1) is 0 Å². The van der Waals surface area contributed by atoms with Gasteiger partial charge in [-0.2, -0.15) is 0 Å². The molecule has 0 aliphatic heterocycles. The van der Waals surface area contributed by atoms with Crippen LogP contribution < -0.4 is 4.90 Å². The van der Waals surface area contributed by atoms with Gasteiger partial charge in [-0.3, -0.25) is 0 Å². The summed E-state index contributed by atoms with van der Waals surface area (Å²) in [7, 11) is 0. The van der Waals surface area contributed by atoms with Crippen LogP contribution in [0, 0.1) is 0 Å². The van der Waals surface area contributed by atoms with Crippen LogP contribution in [0.5, 0.6) is 0 Å². The standard InChI is InChI=1S/C58H40N2/c1-4-15-43(16-5-1)53-25-12-13-26-54(53)44-31-34-51(35-32-44)60(50-22-8-3-9-23-50)52-24-14-21-46(37-52)41-27-29-42(30-28-41)48-33-36-55-56(38-48)59-40-49-20-11-10-19-47(49)39-57(59)58(55)45-17-6-2-7-18-45/h1-40H. The monoisotopic (exact) mass is 764 g/mol. The highest BCUT2D eigenvalue weighted by atomic mass is 15.1. The summed E-state index contributed by atoms with van der Waals surface area (Å²) in [6.45, 7) is 0. The molecule has 0 spiro atoms. The van der Waals surface area contributed by atoms with E-state index in [4.69, 9.17) is 0 Å². The molecule has 60 heavy (non-hydrogen) atoms. The summed E-state index contributed by atoms with van der Waals surface area (Å²) in [5.74, 6) is 0. The zero-order valence-electron chi connectivity index (χ0n) is 33.0. The minimum atomic E-state index is 1.10. The Balaban J connectivity index is 0.936. The van der Waals surface area contributed by atoms with Gasteiger partial charge in [0.05, 0.1) is 11.0 Å². The molecule has 0 saturated carbocycles. The Morgan fingerprint density at radius 1 is 0.283 bits per heavy atom. The lowest BCUT2D eigenvalue weighted by molar-refractivity contribution is 1.28. The van der Waals surface area contributed by atoms with Crippen molar-refractivity contribution >= 4 is 44.3 Å². The molecule has 0 unspecified atom stereocenters. The molecule has 282 valence electrons. The summed E-state index contributed by atoms with van der Waals surface area (Å²) >= 11 is 0. The Morgan fingerprint density at radius 2 is 0.767 bits per heavy atom. The van der Waals surface area contributed by atoms with Crippen LogP contribution in [0.2, 0.25) is 0 Å². The molecule has 0 aliphatic rings. The van der Waals surface area contributed by atoms with Crippen molar-refractivity contribution in [3.05, 3.63) is 243 Å². The molecule has 11 aromatic rings. The molecule has 0 saturated heterocycles. The second-order valence-electron chi connectivity index (χ2n) is 15.4. The lowest BCUT2D eigenvalue weighted by Gasteiger charge is -2.26. The van der Waals surface area contributed by atoms with Crippen LogP contribution in [0.1, 0.15) is 0 Å². The summed E-state index contributed by atoms with van der Waals surface area (Å²) in [5, 5.41) is 3.73. The van der Waals surface area contributed by atoms with Crippen molar-refractivity contribution < 1.29 is 0 Å². The second-order valence-corrected chi connectivity index (χ2v) is 15.4. The SMILES string of the molecule is c1ccc(-c2ccccc2-c2ccc(N(c3ccccc3)c3cccc(-c4ccc(-c5ccc6c(-c7ccccc7)c7cc8ccccc8cn7c6c5)cc4)c3)cc2)cc1. The van der Waals surface area contributed by atoms with Crippen LogP contribution in [-0.2, 0) is 0 Å². The molecular weight excluding hydrogens is 725 g/mol. The first-order valence-corrected chi connectivity index (χ1v) is 20.6. The van der Waals surface area contributed by atoms with Crippen molar-refractivity contribution in [1.82, 2.24) is 4.40 Å². The average Bonchev–Trinajstić information content (AvgIpc) is 3.64. The van der Waals surface area contributed by atoms with Crippen LogP contribution in [0.3, 0.4) is 0 Å². The van der Waals surface area contributed by atoms with Crippen LogP contribution in [0.25, 0.3) is 82.8 Å². The minimum absolute atomic E-state index is 1.10. The molecule has 2 heteroatoms. The molecule has 11 rings (SSSR count). The van der Waals surface area contributed by atoms with E-state index < -0.39 is 0 Å². The highest BCUT2D eigenvalue weighted by Crippen LogP contribution is 2.41. The maximum Gasteiger partial charge on any atom is 0.0547 e. The predicted octanol–water partition coefficient (Wildman–Crippen LogP) is 16.1. The van der Waals surface area contributed by atoms with Gasteiger partial charge < -0.3 is 9.30 Å². The number of fused-ring (bicyclic) bond motifs is 4. The zero-order chi connectivity index (χ0) is 39.8. The van der Waals surface area contributed by atoms with E-state index in [-0.39, 0.29) is 0 Å². The lowest BCUT2D eigenvalue weighted by Crippen LogP contribution is -2.09. The number of nitrogens with zero attached hydrogens (tertiary/aromatic N) is 2. The second kappa shape index (κ2) is 15.1. The van der Waals surface area contributed by atoms with Gasteiger partial charge in [0.2, 0.25) is 0 Å². The molecule has 0 fully saturated rings. The number of aromatic nitrogens is 1. The molecule has 0 aliphatic carbocycles. The van der Waals surface area contributed by atoms with E-state index in [0.29, 0.717) is 0 Å². The largest absolute Gasteiger partial charge is 0.315 e. The van der Waals surface area contributed by atoms with Gasteiger partial charge in [-0.1, -0.05) is 188 Å². The van der Waals surface area contributed by atoms with Gasteiger partial charge in [0.25, 0.3) is 0 Å². The molecule has 0 atom stereocenters. The smallest absolute Gasteiger partial charge is 0.0547 e. The van der Waals surface area contributed by atoms with E-state index >= 15 is 0 Å². The van der Waals surface area contributed by atoms with Crippen LogP contribution in [-0.4, -0.2) is 4.40 Å². The Morgan fingerprint density at radius 3 is 1.45 bits per heavy atom. The van der Waals surface area contributed by atoms with Gasteiger partial charge in [0.15, 0.2) is 0 Å². The fourth-order valence-electron chi connectivity index (χ4n) is 8.84. The normalized spacial score (nSPS) is 11.3. The Labute approximate surface area is 350 Å². The molecule has 0 N–H and O–H groups in total. The third-order valence-electron chi connectivity index (χ3n) is 11.8. The molecule has 2 heterocycles. The molecule has 0 bridgehead atoms. The fourth-order valence-corrected chi connectivity index (χ4v) is 8.84. The van der Waals surface area contributed by atoms with Crippen molar-refractivity contribution in [3.63, 3.8) is 0 Å². The van der Waals surface area contributed by atoms with Gasteiger partial charge >= 0.3 is 0 Å². The topological polar surface area (TPSA) is 7.65 Å². The van der Waals surface area contributed by atoms with Crippen LogP contribution in [0.15, 0.2) is 243 Å². The van der Waals surface area contributed by atoms with E-state index in [1.54, 1.807) is 0 Å². The number of anilines is 3. The van der Waals surface area contributed by atoms with Crippen molar-refractivity contribution in [2.24, 2.45) is 0 Å². The van der Waals surface area contributed by atoms with Gasteiger partial charge in [0, 0.05) is 34.2 Å². The minimum Gasteiger partial charge on any atom is -0.315 e. The average molecular weight is 765 g/mol. The van der Waals surface area contributed by atoms with Crippen molar-refractivity contribution in [2.45, 2.75) is 0 Å². The van der Waals surface area contributed by atoms with Gasteiger partial charge in [-0.05, 0) is 109 Å². The number of benzene rings is 9. The van der Waals surface area contributed by atoms with E-state index in [1.165, 1.54) is 82.8 Å². The first kappa shape index (κ1) is 35.2. The highest BCUT2D eigenvalue weighted by molar-refractivity contribution is 6.09. The molecule has 2 aromatic heterocycles. The highest BCUT2D eigenvalue weighted by Gasteiger charge is 2.17. The van der Waals surface area contributed by atoms with E-state index in [0.717, 1.165) is 17.1 Å². The Hall–Kier alpha value is -7.94. The summed E-state index contributed by atoms with van der Waals surface area (Å²) in [6, 6.07) is 85.4. The van der Waals surface area contributed by atoms with E-state index in [1.807, 2.05) is 0 Å². The fraction of sp³-hybridized carbons (Fsp3) is 0. The first-order chi connectivity index (χ1) is 29.7. The zero-order valence-corrected chi connectivity index (χ0v) is 33.0. The number of rotatable bonds is 8. The van der Waals surface area contributed by atoms with Crippen molar-refractivity contribution in [2.75, 3.05) is 4.90 Å². The number of hydrogen-bond acceptors (Lipinski definition) is 1. The molecule has 9 aromatic carbocycles. The van der Waals surface area contributed by atoms with E-state index in [2.05, 4.69) is 252 Å². The molecule has 0 amide bonds. The quantitative estimate of drug-likeness (QED) is 0.150. The summed E-state index contributed by atoms with van der Waals surface area (Å²) < 4.78 is 2.37. The van der Waals surface area contributed by atoms with Gasteiger partial charge in [0.1, 0.15) is 0 Å². The molecule has 2 nitrogen and oxygen atoms in total. The third kappa shape index (κ3) is 6.41. The van der Waals surface area contributed by atoms with Crippen molar-refractivity contribution in [3.8, 4) is 55.6 Å². The Kier molecular flexibility index (Phi) is 8.87. The van der Waals surface area contributed by atoms with Crippen molar-refractivity contribution in [1.29, 1.82) is 0 Å². The van der Waals surface area contributed by atoms with Gasteiger partial charge in [-0.25, -0.2) is 0 Å². The first-order valence-electron chi connectivity index (χ1n) is 20.6. The number of hydrogen-bond donors (Lipinski definition) is 0.